The minimum Gasteiger partial charge on any atom is -0.496 e. The van der Waals surface area contributed by atoms with Crippen LogP contribution in [0.3, 0.4) is 0 Å². The Morgan fingerprint density at radius 1 is 1.19 bits per heavy atom. The van der Waals surface area contributed by atoms with Crippen molar-refractivity contribution in [2.75, 3.05) is 14.2 Å². The number of hydrogen-bond acceptors (Lipinski definition) is 2. The van der Waals surface area contributed by atoms with Crippen LogP contribution >= 0.6 is 39.1 Å². The minimum absolute atomic E-state index is 0.0815. The van der Waals surface area contributed by atoms with Crippen LogP contribution in [0.15, 0.2) is 40.9 Å². The molecule has 1 atom stereocenters. The smallest absolute Gasteiger partial charge is 0.122 e. The average Bonchev–Trinajstić information content (AvgIpc) is 2.45. The van der Waals surface area contributed by atoms with Gasteiger partial charge >= 0.3 is 0 Å². The Balaban J connectivity index is 2.33. The van der Waals surface area contributed by atoms with E-state index in [1.165, 1.54) is 0 Å². The predicted octanol–water partition coefficient (Wildman–Crippen LogP) is 5.27. The van der Waals surface area contributed by atoms with Crippen LogP contribution in [0.25, 0.3) is 0 Å². The van der Waals surface area contributed by atoms with Crippen molar-refractivity contribution in [3.63, 3.8) is 0 Å². The Morgan fingerprint density at radius 3 is 2.57 bits per heavy atom. The summed E-state index contributed by atoms with van der Waals surface area (Å²) >= 11 is 15.8. The van der Waals surface area contributed by atoms with E-state index in [1.54, 1.807) is 13.2 Å². The summed E-state index contributed by atoms with van der Waals surface area (Å²) in [6.45, 7) is 0. The number of benzene rings is 2. The normalized spacial score (nSPS) is 12.2. The first-order chi connectivity index (χ1) is 10.0. The van der Waals surface area contributed by atoms with Crippen molar-refractivity contribution >= 4 is 39.1 Å². The second kappa shape index (κ2) is 7.50. The third kappa shape index (κ3) is 4.13. The van der Waals surface area contributed by atoms with Crippen molar-refractivity contribution in [2.24, 2.45) is 0 Å². The molecule has 0 saturated carbocycles. The van der Waals surface area contributed by atoms with Gasteiger partial charge in [0.25, 0.3) is 0 Å². The molecule has 2 aromatic carbocycles. The first kappa shape index (κ1) is 16.6. The highest BCUT2D eigenvalue weighted by Gasteiger charge is 2.16. The summed E-state index contributed by atoms with van der Waals surface area (Å²) in [5.74, 6) is 0.864. The summed E-state index contributed by atoms with van der Waals surface area (Å²) in [5, 5.41) is 4.60. The standard InChI is InChI=1S/C16H16BrCl2NO/c1-20-15(13-5-4-12(18)9-14(13)19)8-10-7-11(17)3-6-16(10)21-2/h3-7,9,15,20H,8H2,1-2H3. The number of nitrogens with one attached hydrogen (secondary N) is 1. The molecule has 0 aliphatic heterocycles. The van der Waals surface area contributed by atoms with Gasteiger partial charge in [-0.2, -0.15) is 0 Å². The van der Waals surface area contributed by atoms with Crippen LogP contribution in [-0.2, 0) is 6.42 Å². The summed E-state index contributed by atoms with van der Waals surface area (Å²) in [7, 11) is 3.59. The molecule has 0 spiro atoms. The highest BCUT2D eigenvalue weighted by Crippen LogP contribution is 2.31. The van der Waals surface area contributed by atoms with Crippen LogP contribution in [0.5, 0.6) is 5.75 Å². The Morgan fingerprint density at radius 2 is 1.95 bits per heavy atom. The largest absolute Gasteiger partial charge is 0.496 e. The molecule has 0 bridgehead atoms. The van der Waals surface area contributed by atoms with E-state index in [1.807, 2.05) is 31.3 Å². The maximum atomic E-state index is 6.31. The van der Waals surface area contributed by atoms with Crippen LogP contribution in [-0.4, -0.2) is 14.2 Å². The molecule has 2 nitrogen and oxygen atoms in total. The fourth-order valence-electron chi connectivity index (χ4n) is 2.28. The lowest BCUT2D eigenvalue weighted by Gasteiger charge is -2.20. The molecule has 2 rings (SSSR count). The fraction of sp³-hybridized carbons (Fsp3) is 0.250. The van der Waals surface area contributed by atoms with E-state index < -0.39 is 0 Å². The Kier molecular flexibility index (Phi) is 5.94. The van der Waals surface area contributed by atoms with Crippen molar-refractivity contribution in [3.05, 3.63) is 62.0 Å². The van der Waals surface area contributed by atoms with Gasteiger partial charge in [-0.05, 0) is 54.9 Å². The fourth-order valence-corrected chi connectivity index (χ4v) is 3.23. The van der Waals surface area contributed by atoms with Gasteiger partial charge in [-0.1, -0.05) is 45.2 Å². The molecule has 0 aliphatic rings. The van der Waals surface area contributed by atoms with Crippen molar-refractivity contribution in [1.29, 1.82) is 0 Å². The van der Waals surface area contributed by atoms with E-state index in [0.29, 0.717) is 10.0 Å². The number of likely N-dealkylation sites (N-methyl/N-ethyl adjacent to an activating group) is 1. The maximum absolute atomic E-state index is 6.31. The number of methoxy groups -OCH3 is 1. The van der Waals surface area contributed by atoms with Gasteiger partial charge in [-0.3, -0.25) is 0 Å². The zero-order valence-electron chi connectivity index (χ0n) is 11.8. The molecule has 1 N–H and O–H groups in total. The van der Waals surface area contributed by atoms with Crippen molar-refractivity contribution < 1.29 is 4.74 Å². The molecule has 0 saturated heterocycles. The summed E-state index contributed by atoms with van der Waals surface area (Å²) in [5.41, 5.74) is 2.13. The van der Waals surface area contributed by atoms with Gasteiger partial charge in [-0.25, -0.2) is 0 Å². The molecule has 1 unspecified atom stereocenters. The van der Waals surface area contributed by atoms with Crippen molar-refractivity contribution in [3.8, 4) is 5.75 Å². The van der Waals surface area contributed by atoms with E-state index in [9.17, 15) is 0 Å². The Bertz CT molecular complexity index is 634. The SMILES string of the molecule is CNC(Cc1cc(Br)ccc1OC)c1ccc(Cl)cc1Cl. The lowest BCUT2D eigenvalue weighted by atomic mass is 9.98. The highest BCUT2D eigenvalue weighted by atomic mass is 79.9. The molecular formula is C16H16BrCl2NO. The van der Waals surface area contributed by atoms with E-state index >= 15 is 0 Å². The summed E-state index contributed by atoms with van der Waals surface area (Å²) in [4.78, 5) is 0. The molecule has 2 aromatic rings. The van der Waals surface area contributed by atoms with E-state index in [4.69, 9.17) is 27.9 Å². The number of halogens is 3. The third-order valence-corrected chi connectivity index (χ3v) is 4.41. The van der Waals surface area contributed by atoms with Gasteiger partial charge in [0.2, 0.25) is 0 Å². The average molecular weight is 389 g/mol. The second-order valence-corrected chi connectivity index (χ2v) is 6.43. The van der Waals surface area contributed by atoms with Crippen molar-refractivity contribution in [1.82, 2.24) is 5.32 Å². The topological polar surface area (TPSA) is 21.3 Å². The van der Waals surface area contributed by atoms with Gasteiger partial charge < -0.3 is 10.1 Å². The highest BCUT2D eigenvalue weighted by molar-refractivity contribution is 9.10. The van der Waals surface area contributed by atoms with Crippen LogP contribution in [0.4, 0.5) is 0 Å². The molecule has 0 radical (unpaired) electrons. The summed E-state index contributed by atoms with van der Waals surface area (Å²) < 4.78 is 6.45. The van der Waals surface area contributed by atoms with Gasteiger partial charge in [0.05, 0.1) is 7.11 Å². The Hall–Kier alpha value is -0.740. The molecule has 0 amide bonds. The van der Waals surface area contributed by atoms with Gasteiger partial charge in [0, 0.05) is 20.6 Å². The maximum Gasteiger partial charge on any atom is 0.122 e. The van der Waals surface area contributed by atoms with Crippen LogP contribution in [0, 0.1) is 0 Å². The van der Waals surface area contributed by atoms with Crippen LogP contribution < -0.4 is 10.1 Å². The molecule has 5 heteroatoms. The molecule has 21 heavy (non-hydrogen) atoms. The predicted molar refractivity (Wildman–Crippen MR) is 92.7 cm³/mol. The van der Waals surface area contributed by atoms with E-state index in [0.717, 1.165) is 27.8 Å². The molecular weight excluding hydrogens is 373 g/mol. The molecule has 0 heterocycles. The zero-order chi connectivity index (χ0) is 15.4. The summed E-state index contributed by atoms with van der Waals surface area (Å²) in [6.07, 6.45) is 0.764. The van der Waals surface area contributed by atoms with Crippen molar-refractivity contribution in [2.45, 2.75) is 12.5 Å². The lowest BCUT2D eigenvalue weighted by Crippen LogP contribution is -2.19. The molecule has 112 valence electrons. The van der Waals surface area contributed by atoms with E-state index in [2.05, 4.69) is 27.3 Å². The minimum atomic E-state index is 0.0815. The van der Waals surface area contributed by atoms with Crippen LogP contribution in [0.1, 0.15) is 17.2 Å². The zero-order valence-corrected chi connectivity index (χ0v) is 14.9. The number of rotatable bonds is 5. The monoisotopic (exact) mass is 387 g/mol. The van der Waals surface area contributed by atoms with Gasteiger partial charge in [0.15, 0.2) is 0 Å². The Labute approximate surface area is 143 Å². The molecule has 0 fully saturated rings. The first-order valence-corrected chi connectivity index (χ1v) is 8.04. The number of ether oxygens (including phenoxy) is 1. The molecule has 0 aromatic heterocycles. The quantitative estimate of drug-likeness (QED) is 0.753. The van der Waals surface area contributed by atoms with Crippen LogP contribution in [0.2, 0.25) is 10.0 Å². The lowest BCUT2D eigenvalue weighted by molar-refractivity contribution is 0.406. The molecule has 0 aliphatic carbocycles. The number of hydrogen-bond donors (Lipinski definition) is 1. The van der Waals surface area contributed by atoms with Gasteiger partial charge in [0.1, 0.15) is 5.75 Å². The third-order valence-electron chi connectivity index (χ3n) is 3.35. The second-order valence-electron chi connectivity index (χ2n) is 4.67. The van der Waals surface area contributed by atoms with Gasteiger partial charge in [-0.15, -0.1) is 0 Å². The summed E-state index contributed by atoms with van der Waals surface area (Å²) in [6, 6.07) is 11.6. The van der Waals surface area contributed by atoms with E-state index in [-0.39, 0.29) is 6.04 Å². The first-order valence-electron chi connectivity index (χ1n) is 6.49.